The van der Waals surface area contributed by atoms with E-state index in [-0.39, 0.29) is 12.0 Å². The predicted molar refractivity (Wildman–Crippen MR) is 74.0 cm³/mol. The fraction of sp³-hybridized carbons (Fsp3) is 0.400. The minimum Gasteiger partial charge on any atom is -0.465 e. The number of benzene rings is 1. The summed E-state index contributed by atoms with van der Waals surface area (Å²) >= 11 is 0. The third-order valence-corrected chi connectivity index (χ3v) is 3.62. The summed E-state index contributed by atoms with van der Waals surface area (Å²) in [6.07, 6.45) is 3.02. The molecule has 4 nitrogen and oxygen atoms in total. The van der Waals surface area contributed by atoms with Crippen LogP contribution in [0, 0.1) is 0 Å². The van der Waals surface area contributed by atoms with Gasteiger partial charge in [-0.15, -0.1) is 0 Å². The van der Waals surface area contributed by atoms with Crippen LogP contribution in [0.5, 0.6) is 0 Å². The number of carbonyl (C=O) groups is 1. The maximum absolute atomic E-state index is 11.5. The Bertz CT molecular complexity index is 591. The third kappa shape index (κ3) is 2.49. The summed E-state index contributed by atoms with van der Waals surface area (Å²) in [4.78, 5) is 16.9. The van der Waals surface area contributed by atoms with Gasteiger partial charge in [0.25, 0.3) is 0 Å². The first-order chi connectivity index (χ1) is 9.29. The van der Waals surface area contributed by atoms with Crippen molar-refractivity contribution in [1.82, 2.24) is 9.88 Å². The molecule has 100 valence electrons. The van der Waals surface area contributed by atoms with E-state index < -0.39 is 0 Å². The van der Waals surface area contributed by atoms with Crippen LogP contribution in [-0.4, -0.2) is 41.6 Å². The number of carbonyl (C=O) groups excluding carboxylic acids is 1. The number of hydrogen-bond donors (Lipinski definition) is 1. The second-order valence-corrected chi connectivity index (χ2v) is 4.87. The average Bonchev–Trinajstić information content (AvgIpc) is 3.09. The average molecular weight is 258 g/mol. The van der Waals surface area contributed by atoms with Crippen LogP contribution < -0.4 is 0 Å². The third-order valence-electron chi connectivity index (χ3n) is 3.62. The summed E-state index contributed by atoms with van der Waals surface area (Å²) in [5.74, 6) is -0.0820. The van der Waals surface area contributed by atoms with Crippen LogP contribution >= 0.6 is 0 Å². The van der Waals surface area contributed by atoms with Gasteiger partial charge >= 0.3 is 5.97 Å². The van der Waals surface area contributed by atoms with E-state index in [0.717, 1.165) is 19.5 Å². The highest BCUT2D eigenvalue weighted by Gasteiger charge is 2.40. The van der Waals surface area contributed by atoms with Gasteiger partial charge in [-0.2, -0.15) is 0 Å². The highest BCUT2D eigenvalue weighted by atomic mass is 16.5. The van der Waals surface area contributed by atoms with Crippen molar-refractivity contribution in [3.8, 4) is 0 Å². The van der Waals surface area contributed by atoms with Crippen molar-refractivity contribution < 1.29 is 9.53 Å². The van der Waals surface area contributed by atoms with Crippen molar-refractivity contribution in [3.63, 3.8) is 0 Å². The number of aromatic nitrogens is 1. The zero-order valence-electron chi connectivity index (χ0n) is 11.1. The summed E-state index contributed by atoms with van der Waals surface area (Å²) in [5, 5.41) is 1.28. The second-order valence-electron chi connectivity index (χ2n) is 4.87. The minimum atomic E-state index is -0.0820. The highest BCUT2D eigenvalue weighted by Crippen LogP contribution is 2.22. The molecular weight excluding hydrogens is 240 g/mol. The number of para-hydroxylation sites is 1. The molecule has 1 saturated heterocycles. The molecule has 0 radical (unpaired) electrons. The van der Waals surface area contributed by atoms with Crippen LogP contribution in [0.3, 0.4) is 0 Å². The molecule has 0 aliphatic carbocycles. The smallest absolute Gasteiger partial charge is 0.324 e. The number of hydrogen-bond acceptors (Lipinski definition) is 3. The molecule has 2 atom stereocenters. The number of H-pyrrole nitrogens is 1. The first-order valence-electron chi connectivity index (χ1n) is 6.75. The Kier molecular flexibility index (Phi) is 3.25. The number of nitrogens with zero attached hydrogens (tertiary/aromatic N) is 1. The Morgan fingerprint density at radius 3 is 3.16 bits per heavy atom. The van der Waals surface area contributed by atoms with E-state index >= 15 is 0 Å². The number of nitrogens with one attached hydrogen (secondary N) is 1. The summed E-state index contributed by atoms with van der Waals surface area (Å²) in [6.45, 7) is 4.05. The lowest BCUT2D eigenvalue weighted by Crippen LogP contribution is -2.17. The number of aromatic amines is 1. The van der Waals surface area contributed by atoms with E-state index in [4.69, 9.17) is 4.74 Å². The summed E-state index contributed by atoms with van der Waals surface area (Å²) in [5.41, 5.74) is 2.48. The van der Waals surface area contributed by atoms with Crippen molar-refractivity contribution in [1.29, 1.82) is 0 Å². The predicted octanol–water partition coefficient (Wildman–Crippen LogP) is 1.96. The zero-order chi connectivity index (χ0) is 13.2. The minimum absolute atomic E-state index is 0.00911. The van der Waals surface area contributed by atoms with Gasteiger partial charge in [0.05, 0.1) is 6.61 Å². The van der Waals surface area contributed by atoms with Crippen molar-refractivity contribution in [2.24, 2.45) is 0 Å². The van der Waals surface area contributed by atoms with Crippen molar-refractivity contribution in [3.05, 3.63) is 36.0 Å². The SMILES string of the molecule is CCOC(=O)C1CN1CCc1c[nH]c2ccccc12. The van der Waals surface area contributed by atoms with E-state index in [1.165, 1.54) is 16.5 Å². The molecule has 0 spiro atoms. The molecule has 1 aliphatic rings. The Morgan fingerprint density at radius 2 is 2.32 bits per heavy atom. The summed E-state index contributed by atoms with van der Waals surface area (Å²) in [7, 11) is 0. The van der Waals surface area contributed by atoms with E-state index in [2.05, 4.69) is 34.3 Å². The lowest BCUT2D eigenvalue weighted by atomic mass is 10.1. The van der Waals surface area contributed by atoms with Crippen LogP contribution in [-0.2, 0) is 16.0 Å². The standard InChI is InChI=1S/C15H18N2O2/c1-2-19-15(18)14-10-17(14)8-7-11-9-16-13-6-4-3-5-12(11)13/h3-6,9,14,16H,2,7-8,10H2,1H3. The van der Waals surface area contributed by atoms with Gasteiger partial charge in [-0.25, -0.2) is 0 Å². The van der Waals surface area contributed by atoms with Crippen molar-refractivity contribution in [2.45, 2.75) is 19.4 Å². The molecule has 1 N–H and O–H groups in total. The van der Waals surface area contributed by atoms with Crippen LogP contribution in [0.2, 0.25) is 0 Å². The molecule has 1 aliphatic heterocycles. The lowest BCUT2D eigenvalue weighted by molar-refractivity contribution is -0.143. The molecule has 1 aromatic carbocycles. The maximum Gasteiger partial charge on any atom is 0.324 e. The van der Waals surface area contributed by atoms with E-state index in [1.807, 2.05) is 13.0 Å². The van der Waals surface area contributed by atoms with Gasteiger partial charge in [-0.05, 0) is 25.0 Å². The van der Waals surface area contributed by atoms with Crippen molar-refractivity contribution in [2.75, 3.05) is 19.7 Å². The molecule has 2 unspecified atom stereocenters. The number of ether oxygens (including phenoxy) is 1. The Morgan fingerprint density at radius 1 is 1.47 bits per heavy atom. The van der Waals surface area contributed by atoms with Gasteiger partial charge < -0.3 is 9.72 Å². The van der Waals surface area contributed by atoms with E-state index in [9.17, 15) is 4.79 Å². The summed E-state index contributed by atoms with van der Waals surface area (Å²) < 4.78 is 5.02. The van der Waals surface area contributed by atoms with Crippen LogP contribution in [0.1, 0.15) is 12.5 Å². The maximum atomic E-state index is 11.5. The molecular formula is C15H18N2O2. The largest absolute Gasteiger partial charge is 0.465 e. The topological polar surface area (TPSA) is 45.1 Å². The fourth-order valence-corrected chi connectivity index (χ4v) is 2.49. The highest BCUT2D eigenvalue weighted by molar-refractivity contribution is 5.83. The van der Waals surface area contributed by atoms with Gasteiger partial charge in [-0.3, -0.25) is 9.69 Å². The van der Waals surface area contributed by atoms with Gasteiger partial charge in [0, 0.05) is 30.2 Å². The molecule has 2 aromatic rings. The van der Waals surface area contributed by atoms with Crippen LogP contribution in [0.4, 0.5) is 0 Å². The number of fused-ring (bicyclic) bond motifs is 1. The van der Waals surface area contributed by atoms with Crippen LogP contribution in [0.25, 0.3) is 10.9 Å². The lowest BCUT2D eigenvalue weighted by Gasteiger charge is -2.03. The molecule has 0 amide bonds. The normalized spacial score (nSPS) is 21.5. The fourth-order valence-electron chi connectivity index (χ4n) is 2.49. The molecule has 0 bridgehead atoms. The van der Waals surface area contributed by atoms with Gasteiger partial charge in [0.2, 0.25) is 0 Å². The van der Waals surface area contributed by atoms with Gasteiger partial charge in [-0.1, -0.05) is 18.2 Å². The Labute approximate surface area is 112 Å². The number of esters is 1. The first-order valence-corrected chi connectivity index (χ1v) is 6.75. The van der Waals surface area contributed by atoms with E-state index in [0.29, 0.717) is 6.61 Å². The van der Waals surface area contributed by atoms with Gasteiger partial charge in [0.15, 0.2) is 0 Å². The van der Waals surface area contributed by atoms with Crippen molar-refractivity contribution >= 4 is 16.9 Å². The van der Waals surface area contributed by atoms with E-state index in [1.54, 1.807) is 0 Å². The van der Waals surface area contributed by atoms with Gasteiger partial charge in [0.1, 0.15) is 6.04 Å². The molecule has 0 saturated carbocycles. The zero-order valence-corrected chi connectivity index (χ0v) is 11.1. The molecule has 4 heteroatoms. The monoisotopic (exact) mass is 258 g/mol. The molecule has 1 aromatic heterocycles. The molecule has 1 fully saturated rings. The molecule has 3 rings (SSSR count). The first kappa shape index (κ1) is 12.2. The van der Waals surface area contributed by atoms with Crippen LogP contribution in [0.15, 0.2) is 30.5 Å². The molecule has 2 heterocycles. The summed E-state index contributed by atoms with van der Waals surface area (Å²) in [6, 6.07) is 8.29. The number of rotatable bonds is 5. The Hall–Kier alpha value is -1.81. The second kappa shape index (κ2) is 5.05. The molecule has 19 heavy (non-hydrogen) atoms. The Balaban J connectivity index is 1.58. The quantitative estimate of drug-likeness (QED) is 0.658.